The summed E-state index contributed by atoms with van der Waals surface area (Å²) in [6.07, 6.45) is 2.10. The van der Waals surface area contributed by atoms with Gasteiger partial charge >= 0.3 is 0 Å². The molecule has 5 heteroatoms. The van der Waals surface area contributed by atoms with Crippen molar-refractivity contribution in [3.8, 4) is 0 Å². The fourth-order valence-electron chi connectivity index (χ4n) is 3.01. The average Bonchev–Trinajstić information content (AvgIpc) is 2.75. The molecule has 0 heterocycles. The van der Waals surface area contributed by atoms with E-state index >= 15 is 0 Å². The van der Waals surface area contributed by atoms with Crippen molar-refractivity contribution in [1.82, 2.24) is 21.3 Å². The lowest BCUT2D eigenvalue weighted by molar-refractivity contribution is 0.0963. The van der Waals surface area contributed by atoms with Crippen LogP contribution in [0.1, 0.15) is 54.7 Å². The lowest BCUT2D eigenvalue weighted by atomic mass is 10.1. The van der Waals surface area contributed by atoms with Gasteiger partial charge in [-0.2, -0.15) is 0 Å². The van der Waals surface area contributed by atoms with Crippen LogP contribution in [0.4, 0.5) is 0 Å². The molecule has 0 aliphatic carbocycles. The molecule has 31 heavy (non-hydrogen) atoms. The lowest BCUT2D eigenvalue weighted by Gasteiger charge is -2.08. The van der Waals surface area contributed by atoms with E-state index in [9.17, 15) is 4.79 Å². The smallest absolute Gasteiger partial charge is 0.251 e. The molecule has 0 atom stereocenters. The molecule has 0 spiro atoms. The number of carbonyl (C=O) groups is 1. The van der Waals surface area contributed by atoms with Crippen molar-refractivity contribution >= 4 is 5.91 Å². The van der Waals surface area contributed by atoms with E-state index in [4.69, 9.17) is 0 Å². The van der Waals surface area contributed by atoms with Crippen LogP contribution in [0.5, 0.6) is 0 Å². The molecule has 1 amide bonds. The van der Waals surface area contributed by atoms with E-state index < -0.39 is 0 Å². The van der Waals surface area contributed by atoms with Gasteiger partial charge in [0, 0.05) is 31.2 Å². The van der Waals surface area contributed by atoms with E-state index in [1.165, 1.54) is 16.7 Å². The Labute approximate surface area is 189 Å². The second-order valence-electron chi connectivity index (χ2n) is 8.34. The van der Waals surface area contributed by atoms with Crippen LogP contribution in [-0.4, -0.2) is 45.2 Å². The third-order valence-electron chi connectivity index (χ3n) is 4.78. The summed E-state index contributed by atoms with van der Waals surface area (Å²) in [5.74, 6) is -0.0353. The van der Waals surface area contributed by atoms with Gasteiger partial charge < -0.3 is 21.3 Å². The van der Waals surface area contributed by atoms with Crippen molar-refractivity contribution in [2.24, 2.45) is 0 Å². The van der Waals surface area contributed by atoms with Gasteiger partial charge in [-0.1, -0.05) is 64.1 Å². The Morgan fingerprint density at radius 3 is 1.52 bits per heavy atom. The number of nitrogens with one attached hydrogen (secondary N) is 4. The van der Waals surface area contributed by atoms with Gasteiger partial charge in [0.1, 0.15) is 0 Å². The minimum absolute atomic E-state index is 0.0353. The number of amides is 1. The SMILES string of the molecule is CNC(=O)c1ccc(CCNC(C)C)cc1.CNCc1ccc(CCNC(C)C)cc1. The lowest BCUT2D eigenvalue weighted by Crippen LogP contribution is -2.25. The molecule has 0 fully saturated rings. The number of hydrogen-bond donors (Lipinski definition) is 4. The van der Waals surface area contributed by atoms with Crippen molar-refractivity contribution in [3.63, 3.8) is 0 Å². The van der Waals surface area contributed by atoms with Crippen molar-refractivity contribution in [2.75, 3.05) is 27.2 Å². The maximum Gasteiger partial charge on any atom is 0.251 e. The molecule has 2 rings (SSSR count). The highest BCUT2D eigenvalue weighted by Gasteiger charge is 2.02. The van der Waals surface area contributed by atoms with Crippen LogP contribution in [0.3, 0.4) is 0 Å². The van der Waals surface area contributed by atoms with Gasteiger partial charge in [-0.25, -0.2) is 0 Å². The normalized spacial score (nSPS) is 10.7. The Kier molecular flexibility index (Phi) is 13.5. The molecule has 0 aliphatic rings. The summed E-state index contributed by atoms with van der Waals surface area (Å²) in [4.78, 5) is 11.3. The molecule has 0 unspecified atom stereocenters. The van der Waals surface area contributed by atoms with Crippen LogP contribution < -0.4 is 21.3 Å². The van der Waals surface area contributed by atoms with Crippen LogP contribution in [0.25, 0.3) is 0 Å². The van der Waals surface area contributed by atoms with E-state index in [-0.39, 0.29) is 5.91 Å². The highest BCUT2D eigenvalue weighted by atomic mass is 16.1. The minimum Gasteiger partial charge on any atom is -0.355 e. The fraction of sp³-hybridized carbons (Fsp3) is 0.500. The third kappa shape index (κ3) is 12.3. The van der Waals surface area contributed by atoms with E-state index in [0.717, 1.165) is 32.5 Å². The van der Waals surface area contributed by atoms with Crippen LogP contribution >= 0.6 is 0 Å². The molecule has 4 N–H and O–H groups in total. The van der Waals surface area contributed by atoms with E-state index in [1.54, 1.807) is 7.05 Å². The number of carbonyl (C=O) groups excluding carboxylic acids is 1. The van der Waals surface area contributed by atoms with Crippen LogP contribution in [-0.2, 0) is 19.4 Å². The maximum atomic E-state index is 11.3. The summed E-state index contributed by atoms with van der Waals surface area (Å²) in [6.45, 7) is 11.6. The molecule has 0 saturated carbocycles. The second-order valence-corrected chi connectivity index (χ2v) is 8.34. The quantitative estimate of drug-likeness (QED) is 0.444. The zero-order valence-electron chi connectivity index (χ0n) is 20.2. The Morgan fingerprint density at radius 1 is 0.710 bits per heavy atom. The first-order valence-corrected chi connectivity index (χ1v) is 11.4. The summed E-state index contributed by atoms with van der Waals surface area (Å²) < 4.78 is 0. The largest absolute Gasteiger partial charge is 0.355 e. The van der Waals surface area contributed by atoms with Gasteiger partial charge in [0.2, 0.25) is 0 Å². The van der Waals surface area contributed by atoms with Gasteiger partial charge in [-0.05, 0) is 61.8 Å². The standard InChI is InChI=1S/C13H20N2O.C13H22N2/c1-10(2)15-9-8-11-4-6-12(7-5-11)13(16)14-3;1-11(2)15-9-8-12-4-6-13(7-5-12)10-14-3/h4-7,10,15H,8-9H2,1-3H3,(H,14,16);4-7,11,14-15H,8-10H2,1-3H3. The summed E-state index contributed by atoms with van der Waals surface area (Å²) >= 11 is 0. The molecule has 0 aromatic heterocycles. The molecule has 2 aromatic rings. The summed E-state index contributed by atoms with van der Waals surface area (Å²) in [7, 11) is 3.61. The monoisotopic (exact) mass is 426 g/mol. The highest BCUT2D eigenvalue weighted by Crippen LogP contribution is 2.05. The first-order valence-electron chi connectivity index (χ1n) is 11.4. The first kappa shape index (κ1) is 26.8. The van der Waals surface area contributed by atoms with Crippen LogP contribution in [0, 0.1) is 0 Å². The van der Waals surface area contributed by atoms with Crippen molar-refractivity contribution < 1.29 is 4.79 Å². The highest BCUT2D eigenvalue weighted by molar-refractivity contribution is 5.93. The summed E-state index contributed by atoms with van der Waals surface area (Å²) in [5.41, 5.74) is 4.71. The van der Waals surface area contributed by atoms with Gasteiger partial charge in [0.25, 0.3) is 5.91 Å². The number of benzene rings is 2. The van der Waals surface area contributed by atoms with Crippen molar-refractivity contribution in [3.05, 3.63) is 70.8 Å². The van der Waals surface area contributed by atoms with E-state index in [0.29, 0.717) is 17.6 Å². The second kappa shape index (κ2) is 15.6. The zero-order chi connectivity index (χ0) is 23.1. The molecule has 0 aliphatic heterocycles. The molecule has 0 saturated heterocycles. The predicted molar refractivity (Wildman–Crippen MR) is 133 cm³/mol. The Hall–Kier alpha value is -2.21. The first-order chi connectivity index (χ1) is 14.8. The van der Waals surface area contributed by atoms with Gasteiger partial charge in [0.05, 0.1) is 0 Å². The van der Waals surface area contributed by atoms with Crippen LogP contribution in [0.15, 0.2) is 48.5 Å². The van der Waals surface area contributed by atoms with Crippen molar-refractivity contribution in [2.45, 2.75) is 59.2 Å². The molecule has 5 nitrogen and oxygen atoms in total. The molecular formula is C26H42N4O. The Balaban J connectivity index is 0.000000311. The topological polar surface area (TPSA) is 65.2 Å². The van der Waals surface area contributed by atoms with Gasteiger partial charge in [-0.15, -0.1) is 0 Å². The molecule has 2 aromatic carbocycles. The molecule has 0 bridgehead atoms. The average molecular weight is 427 g/mol. The fourth-order valence-corrected chi connectivity index (χ4v) is 3.01. The van der Waals surface area contributed by atoms with E-state index in [2.05, 4.69) is 73.2 Å². The Morgan fingerprint density at radius 2 is 1.13 bits per heavy atom. The summed E-state index contributed by atoms with van der Waals surface area (Å²) in [6, 6.07) is 17.7. The van der Waals surface area contributed by atoms with Crippen molar-refractivity contribution in [1.29, 1.82) is 0 Å². The number of hydrogen-bond acceptors (Lipinski definition) is 4. The van der Waals surface area contributed by atoms with Gasteiger partial charge in [0.15, 0.2) is 0 Å². The molecule has 0 radical (unpaired) electrons. The number of rotatable bonds is 11. The summed E-state index contributed by atoms with van der Waals surface area (Å²) in [5, 5.41) is 12.5. The molecule has 172 valence electrons. The predicted octanol–water partition coefficient (Wildman–Crippen LogP) is 3.53. The van der Waals surface area contributed by atoms with E-state index in [1.807, 2.05) is 31.3 Å². The Bertz CT molecular complexity index is 724. The zero-order valence-corrected chi connectivity index (χ0v) is 20.2. The molecular weight excluding hydrogens is 384 g/mol. The third-order valence-corrected chi connectivity index (χ3v) is 4.78. The van der Waals surface area contributed by atoms with Crippen LogP contribution in [0.2, 0.25) is 0 Å². The minimum atomic E-state index is -0.0353. The maximum absolute atomic E-state index is 11.3. The van der Waals surface area contributed by atoms with Gasteiger partial charge in [-0.3, -0.25) is 4.79 Å².